The van der Waals surface area contributed by atoms with Crippen molar-refractivity contribution in [3.63, 3.8) is 0 Å². The van der Waals surface area contributed by atoms with Crippen molar-refractivity contribution in [2.75, 3.05) is 19.6 Å². The Labute approximate surface area is 306 Å². The van der Waals surface area contributed by atoms with Gasteiger partial charge in [0.25, 0.3) is 5.91 Å². The third-order valence-electron chi connectivity index (χ3n) is 11.5. The maximum absolute atomic E-state index is 15.2. The van der Waals surface area contributed by atoms with E-state index >= 15 is 4.39 Å². The number of thioether (sulfide) groups is 1. The number of halogens is 6. The minimum Gasteiger partial charge on any atom is -0.334 e. The lowest BCUT2D eigenvalue weighted by atomic mass is 9.80. The normalized spacial score (nSPS) is 29.3. The molecule has 270 valence electrons. The molecule has 3 fully saturated rings. The zero-order valence-electron chi connectivity index (χ0n) is 28.1. The van der Waals surface area contributed by atoms with Gasteiger partial charge in [-0.05, 0) is 98.7 Å². The average molecular weight is 765 g/mol. The Kier molecular flexibility index (Phi) is 8.09. The van der Waals surface area contributed by atoms with Crippen LogP contribution < -0.4 is 0 Å². The number of hydrogen-bond donors (Lipinski definition) is 0. The lowest BCUT2D eigenvalue weighted by molar-refractivity contribution is -0.193. The van der Waals surface area contributed by atoms with Crippen molar-refractivity contribution in [3.8, 4) is 0 Å². The summed E-state index contributed by atoms with van der Waals surface area (Å²) in [5, 5.41) is 1.18. The van der Waals surface area contributed by atoms with Crippen molar-refractivity contribution < 1.29 is 31.9 Å². The highest BCUT2D eigenvalue weighted by Crippen LogP contribution is 2.59. The van der Waals surface area contributed by atoms with Crippen LogP contribution in [-0.2, 0) is 26.3 Å². The van der Waals surface area contributed by atoms with Gasteiger partial charge in [0, 0.05) is 42.3 Å². The smallest absolute Gasteiger partial charge is 0.334 e. The summed E-state index contributed by atoms with van der Waals surface area (Å²) < 4.78 is 55.5. The van der Waals surface area contributed by atoms with Crippen molar-refractivity contribution in [3.05, 3.63) is 79.6 Å². The van der Waals surface area contributed by atoms with Crippen molar-refractivity contribution in [2.45, 2.75) is 88.3 Å². The maximum atomic E-state index is 15.2. The van der Waals surface area contributed by atoms with E-state index < -0.39 is 47.1 Å². The highest BCUT2D eigenvalue weighted by molar-refractivity contribution is 8.18. The lowest BCUT2D eigenvalue weighted by Crippen LogP contribution is -2.65. The number of nitrogens with zero attached hydrogens (tertiary/aromatic N) is 5. The molecule has 4 unspecified atom stereocenters. The van der Waals surface area contributed by atoms with Gasteiger partial charge in [-0.25, -0.2) is 9.38 Å². The van der Waals surface area contributed by atoms with Crippen molar-refractivity contribution in [2.24, 2.45) is 10.9 Å². The van der Waals surface area contributed by atoms with Crippen LogP contribution in [0.4, 0.5) is 17.6 Å². The predicted octanol–water partition coefficient (Wildman–Crippen LogP) is 7.06. The van der Waals surface area contributed by atoms with Crippen LogP contribution in [0, 0.1) is 11.7 Å². The molecule has 0 N–H and O–H groups in total. The summed E-state index contributed by atoms with van der Waals surface area (Å²) in [6.45, 7) is 5.77. The van der Waals surface area contributed by atoms with E-state index in [1.165, 1.54) is 17.8 Å². The van der Waals surface area contributed by atoms with Gasteiger partial charge in [-0.3, -0.25) is 14.4 Å². The molecule has 2 aromatic carbocycles. The van der Waals surface area contributed by atoms with E-state index in [-0.39, 0.29) is 35.8 Å². The number of amides is 3. The molecule has 5 heterocycles. The summed E-state index contributed by atoms with van der Waals surface area (Å²) in [5.74, 6) is -3.24. The largest absolute Gasteiger partial charge is 0.471 e. The van der Waals surface area contributed by atoms with E-state index in [1.807, 2.05) is 26.0 Å². The number of carbonyl (C=O) groups excluding carboxylic acids is 3. The fourth-order valence-corrected chi connectivity index (χ4v) is 10.4. The van der Waals surface area contributed by atoms with Crippen molar-refractivity contribution >= 4 is 57.9 Å². The molecule has 5 aliphatic heterocycles. The lowest BCUT2D eigenvalue weighted by Gasteiger charge is -2.47. The number of benzene rings is 2. The number of rotatable bonds is 3. The number of alkyl halides is 3. The Morgan fingerprint density at radius 3 is 2.41 bits per heavy atom. The Morgan fingerprint density at radius 1 is 1.04 bits per heavy atom. The van der Waals surface area contributed by atoms with Gasteiger partial charge in [0.1, 0.15) is 22.3 Å². The van der Waals surface area contributed by atoms with E-state index in [1.54, 1.807) is 34.9 Å². The third kappa shape index (κ3) is 5.38. The number of carbonyl (C=O) groups is 3. The molecule has 8 nitrogen and oxygen atoms in total. The molecule has 1 spiro atoms. The van der Waals surface area contributed by atoms with Crippen LogP contribution in [0.3, 0.4) is 0 Å². The van der Waals surface area contributed by atoms with E-state index in [0.29, 0.717) is 53.7 Å². The first-order valence-corrected chi connectivity index (χ1v) is 18.7. The van der Waals surface area contributed by atoms with Crippen molar-refractivity contribution in [1.82, 2.24) is 19.6 Å². The maximum Gasteiger partial charge on any atom is 0.471 e. The van der Waals surface area contributed by atoms with E-state index in [9.17, 15) is 27.6 Å². The number of amidine groups is 1. The molecule has 8 rings (SSSR count). The molecule has 2 aromatic rings. The second-order valence-corrected chi connectivity index (χ2v) is 16.6. The topological polar surface area (TPSA) is 76.5 Å². The van der Waals surface area contributed by atoms with Gasteiger partial charge in [0.15, 0.2) is 5.17 Å². The van der Waals surface area contributed by atoms with Crippen LogP contribution in [0.5, 0.6) is 0 Å². The highest BCUT2D eigenvalue weighted by atomic mass is 35.5. The van der Waals surface area contributed by atoms with Crippen molar-refractivity contribution in [1.29, 1.82) is 0 Å². The third-order valence-corrected chi connectivity index (χ3v) is 13.1. The first kappa shape index (κ1) is 34.8. The molecule has 15 heteroatoms. The average Bonchev–Trinajstić information content (AvgIpc) is 3.40. The highest BCUT2D eigenvalue weighted by Gasteiger charge is 2.61. The fourth-order valence-electron chi connectivity index (χ4n) is 8.79. The Bertz CT molecular complexity index is 1940. The molecule has 0 radical (unpaired) electrons. The van der Waals surface area contributed by atoms with Gasteiger partial charge < -0.3 is 19.6 Å². The number of hydrogen-bond acceptors (Lipinski definition) is 6. The Hall–Kier alpha value is -3.29. The van der Waals surface area contributed by atoms with E-state index in [2.05, 4.69) is 4.90 Å². The van der Waals surface area contributed by atoms with Gasteiger partial charge in [-0.1, -0.05) is 42.3 Å². The Balaban J connectivity index is 1.13. The molecule has 0 aromatic heterocycles. The second kappa shape index (κ2) is 11.9. The SMILES string of the molecule is CC1Cc2cc(Cl)c(F)cc2C2N3C(=NC2(C)c2ccc(Cl)cc2)SC(C(=O)N2CCCC2C(=O)N2CC4(CC4)N(C(=O)C(F)(F)F)C[C@@H]2C)=C13. The number of likely N-dealkylation sites (tertiary alicyclic amines) is 1. The van der Waals surface area contributed by atoms with Gasteiger partial charge >= 0.3 is 12.1 Å². The second-order valence-electron chi connectivity index (χ2n) is 14.8. The quantitative estimate of drug-likeness (QED) is 0.313. The molecule has 5 atom stereocenters. The number of allylic oxidation sites excluding steroid dienone is 1. The summed E-state index contributed by atoms with van der Waals surface area (Å²) in [5.41, 5.74) is 1.30. The first-order chi connectivity index (χ1) is 24.0. The van der Waals surface area contributed by atoms with Gasteiger partial charge in [0.2, 0.25) is 5.91 Å². The summed E-state index contributed by atoms with van der Waals surface area (Å²) in [4.78, 5) is 53.0. The monoisotopic (exact) mass is 763 g/mol. The molecule has 51 heavy (non-hydrogen) atoms. The minimum absolute atomic E-state index is 0.00000320. The summed E-state index contributed by atoms with van der Waals surface area (Å²) in [6.07, 6.45) is -2.74. The Morgan fingerprint density at radius 2 is 1.75 bits per heavy atom. The number of aliphatic imine (C=N–C) groups is 1. The van der Waals surface area contributed by atoms with Crippen LogP contribution >= 0.6 is 35.0 Å². The van der Waals surface area contributed by atoms with Crippen LogP contribution in [0.15, 0.2) is 52.0 Å². The molecular weight excluding hydrogens is 729 g/mol. The summed E-state index contributed by atoms with van der Waals surface area (Å²) in [7, 11) is 0. The molecule has 1 aliphatic carbocycles. The molecular formula is C36H35Cl2F4N5O3S. The summed E-state index contributed by atoms with van der Waals surface area (Å²) in [6, 6.07) is 8.56. The van der Waals surface area contributed by atoms with Gasteiger partial charge in [0.05, 0.1) is 16.6 Å². The zero-order chi connectivity index (χ0) is 36.4. The first-order valence-electron chi connectivity index (χ1n) is 17.1. The molecule has 6 aliphatic rings. The number of fused-ring (bicyclic) bond motifs is 2. The van der Waals surface area contributed by atoms with Crippen LogP contribution in [0.2, 0.25) is 10.0 Å². The molecule has 3 amide bonds. The van der Waals surface area contributed by atoms with Gasteiger partial charge in [-0.2, -0.15) is 13.2 Å². The van der Waals surface area contributed by atoms with E-state index in [4.69, 9.17) is 28.2 Å². The van der Waals surface area contributed by atoms with Gasteiger partial charge in [-0.15, -0.1) is 0 Å². The molecule has 2 saturated heterocycles. The minimum atomic E-state index is -5.00. The molecule has 0 bridgehead atoms. The molecule has 1 saturated carbocycles. The zero-order valence-corrected chi connectivity index (χ0v) is 30.4. The fraction of sp³-hybridized carbons (Fsp3) is 0.500. The van der Waals surface area contributed by atoms with E-state index in [0.717, 1.165) is 27.3 Å². The van der Waals surface area contributed by atoms with Crippen LogP contribution in [0.25, 0.3) is 0 Å². The van der Waals surface area contributed by atoms with Crippen LogP contribution in [-0.4, -0.2) is 85.9 Å². The standard InChI is InChI=1S/C36H35Cl2F4N5O3S/c1-18-13-20-14-24(38)25(39)15-23(20)29-34(3,21-6-8-22(37)9-7-21)43-33-47(29)27(18)28(51-33)31(49)44-12-4-5-26(44)30(48)45-17-35(10-11-35)46(16-19(45)2)32(50)36(40,41)42/h6-9,14-15,18-19,26,29H,4-5,10-13,16-17H2,1-3H3/t18?,19-,26?,29?,34?/m0/s1. The predicted molar refractivity (Wildman–Crippen MR) is 185 cm³/mol. The summed E-state index contributed by atoms with van der Waals surface area (Å²) >= 11 is 13.8. The van der Waals surface area contributed by atoms with Crippen LogP contribution in [0.1, 0.15) is 69.2 Å². The number of piperazine rings is 1.